The van der Waals surface area contributed by atoms with E-state index in [2.05, 4.69) is 17.4 Å². The van der Waals surface area contributed by atoms with Gasteiger partial charge in [0, 0.05) is 17.8 Å². The zero-order chi connectivity index (χ0) is 20.1. The van der Waals surface area contributed by atoms with E-state index in [1.807, 2.05) is 36.9 Å². The highest BCUT2D eigenvalue weighted by Crippen LogP contribution is 2.33. The molecule has 0 radical (unpaired) electrons. The number of halogens is 1. The van der Waals surface area contributed by atoms with Gasteiger partial charge < -0.3 is 16.0 Å². The lowest BCUT2D eigenvalue weighted by Gasteiger charge is -2.25. The average molecular weight is 416 g/mol. The van der Waals surface area contributed by atoms with E-state index in [0.717, 1.165) is 25.8 Å². The minimum absolute atomic E-state index is 0. The van der Waals surface area contributed by atoms with Crippen LogP contribution < -0.4 is 11.1 Å². The van der Waals surface area contributed by atoms with E-state index in [4.69, 9.17) is 5.73 Å². The first-order valence-electron chi connectivity index (χ1n) is 10.0. The lowest BCUT2D eigenvalue weighted by molar-refractivity contribution is -0.118. The Morgan fingerprint density at radius 2 is 1.79 bits per heavy atom. The highest BCUT2D eigenvalue weighted by molar-refractivity contribution is 5.97. The summed E-state index contributed by atoms with van der Waals surface area (Å²) in [5.41, 5.74) is 8.44. The second-order valence-electron chi connectivity index (χ2n) is 7.55. The van der Waals surface area contributed by atoms with Crippen LogP contribution in [0.3, 0.4) is 0 Å². The van der Waals surface area contributed by atoms with E-state index < -0.39 is 6.04 Å². The van der Waals surface area contributed by atoms with Gasteiger partial charge in [-0.05, 0) is 48.6 Å². The lowest BCUT2D eigenvalue weighted by atomic mass is 9.99. The molecule has 3 unspecified atom stereocenters. The fourth-order valence-corrected chi connectivity index (χ4v) is 3.63. The SMILES string of the molecule is CCC(C)C(N)C(=O)Nc1ccc(C(=O)N2CCCC2c2ccccc2)cc1.Cl. The first kappa shape index (κ1) is 22.9. The van der Waals surface area contributed by atoms with Gasteiger partial charge in [-0.2, -0.15) is 0 Å². The van der Waals surface area contributed by atoms with E-state index in [0.29, 0.717) is 11.3 Å². The van der Waals surface area contributed by atoms with E-state index >= 15 is 0 Å². The molecule has 0 aliphatic carbocycles. The normalized spacial score (nSPS) is 17.9. The Bertz CT molecular complexity index is 811. The van der Waals surface area contributed by atoms with E-state index in [1.165, 1.54) is 5.56 Å². The largest absolute Gasteiger partial charge is 0.332 e. The second kappa shape index (κ2) is 10.4. The Morgan fingerprint density at radius 1 is 1.14 bits per heavy atom. The highest BCUT2D eigenvalue weighted by atomic mass is 35.5. The van der Waals surface area contributed by atoms with Gasteiger partial charge in [-0.1, -0.05) is 50.6 Å². The number of hydrogen-bond donors (Lipinski definition) is 2. The number of benzene rings is 2. The molecule has 0 spiro atoms. The Labute approximate surface area is 179 Å². The van der Waals surface area contributed by atoms with Crippen molar-refractivity contribution in [1.29, 1.82) is 0 Å². The lowest BCUT2D eigenvalue weighted by Crippen LogP contribution is -2.40. The van der Waals surface area contributed by atoms with E-state index in [-0.39, 0.29) is 36.2 Å². The Kier molecular flexibility index (Phi) is 8.23. The number of anilines is 1. The Morgan fingerprint density at radius 3 is 2.41 bits per heavy atom. The molecule has 0 aromatic heterocycles. The summed E-state index contributed by atoms with van der Waals surface area (Å²) >= 11 is 0. The molecule has 3 atom stereocenters. The topological polar surface area (TPSA) is 75.4 Å². The zero-order valence-electron chi connectivity index (χ0n) is 17.0. The first-order chi connectivity index (χ1) is 13.5. The fourth-order valence-electron chi connectivity index (χ4n) is 3.63. The van der Waals surface area contributed by atoms with E-state index in [1.54, 1.807) is 24.3 Å². The minimum Gasteiger partial charge on any atom is -0.332 e. The molecular weight excluding hydrogens is 386 g/mol. The van der Waals surface area contributed by atoms with Crippen molar-refractivity contribution in [2.24, 2.45) is 11.7 Å². The van der Waals surface area contributed by atoms with Crippen molar-refractivity contribution in [3.8, 4) is 0 Å². The Hall–Kier alpha value is -2.37. The molecule has 5 nitrogen and oxygen atoms in total. The number of nitrogens with two attached hydrogens (primary N) is 1. The van der Waals surface area contributed by atoms with Crippen molar-refractivity contribution in [3.05, 3.63) is 65.7 Å². The summed E-state index contributed by atoms with van der Waals surface area (Å²) in [6, 6.07) is 16.8. The molecule has 6 heteroatoms. The van der Waals surface area contributed by atoms with Crippen molar-refractivity contribution in [1.82, 2.24) is 4.90 Å². The van der Waals surface area contributed by atoms with Crippen LogP contribution in [0.1, 0.15) is 55.1 Å². The van der Waals surface area contributed by atoms with Crippen LogP contribution in [0, 0.1) is 5.92 Å². The van der Waals surface area contributed by atoms with Crippen molar-refractivity contribution >= 4 is 29.9 Å². The number of carbonyl (C=O) groups excluding carboxylic acids is 2. The summed E-state index contributed by atoms with van der Waals surface area (Å²) in [7, 11) is 0. The summed E-state index contributed by atoms with van der Waals surface area (Å²) < 4.78 is 0. The third-order valence-electron chi connectivity index (χ3n) is 5.66. The molecule has 3 N–H and O–H groups in total. The minimum atomic E-state index is -0.539. The quantitative estimate of drug-likeness (QED) is 0.734. The van der Waals surface area contributed by atoms with Crippen LogP contribution in [0.4, 0.5) is 5.69 Å². The molecule has 0 saturated carbocycles. The van der Waals surface area contributed by atoms with Crippen LogP contribution in [0.5, 0.6) is 0 Å². The molecule has 2 amide bonds. The van der Waals surface area contributed by atoms with Gasteiger partial charge in [-0.3, -0.25) is 9.59 Å². The Balaban J connectivity index is 0.00000300. The second-order valence-corrected chi connectivity index (χ2v) is 7.55. The van der Waals surface area contributed by atoms with Crippen molar-refractivity contribution in [3.63, 3.8) is 0 Å². The number of likely N-dealkylation sites (tertiary alicyclic amines) is 1. The molecule has 156 valence electrons. The fraction of sp³-hybridized carbons (Fsp3) is 0.391. The predicted molar refractivity (Wildman–Crippen MR) is 119 cm³/mol. The molecule has 1 heterocycles. The first-order valence-corrected chi connectivity index (χ1v) is 10.0. The number of nitrogens with one attached hydrogen (secondary N) is 1. The molecule has 2 aromatic carbocycles. The maximum Gasteiger partial charge on any atom is 0.254 e. The van der Waals surface area contributed by atoms with Crippen molar-refractivity contribution in [2.45, 2.75) is 45.2 Å². The number of amides is 2. The number of rotatable bonds is 6. The summed E-state index contributed by atoms with van der Waals surface area (Å²) in [5.74, 6) is -0.0522. The molecule has 29 heavy (non-hydrogen) atoms. The average Bonchev–Trinajstić information content (AvgIpc) is 3.23. The van der Waals surface area contributed by atoms with Gasteiger partial charge in [0.05, 0.1) is 12.1 Å². The standard InChI is InChI=1S/C23H29N3O2.ClH/c1-3-16(2)21(24)22(27)25-19-13-11-18(12-14-19)23(28)26-15-7-10-20(26)17-8-5-4-6-9-17;/h4-6,8-9,11-14,16,20-21H,3,7,10,15,24H2,1-2H3,(H,25,27);1H. The van der Waals surface area contributed by atoms with Crippen LogP contribution in [0.25, 0.3) is 0 Å². The van der Waals surface area contributed by atoms with E-state index in [9.17, 15) is 9.59 Å². The predicted octanol–water partition coefficient (Wildman–Crippen LogP) is 4.40. The van der Waals surface area contributed by atoms with Crippen molar-refractivity contribution in [2.75, 3.05) is 11.9 Å². The van der Waals surface area contributed by atoms with Gasteiger partial charge >= 0.3 is 0 Å². The third-order valence-corrected chi connectivity index (χ3v) is 5.66. The number of hydrogen-bond acceptors (Lipinski definition) is 3. The van der Waals surface area contributed by atoms with Gasteiger partial charge in [0.1, 0.15) is 0 Å². The molecule has 0 bridgehead atoms. The summed E-state index contributed by atoms with van der Waals surface area (Å²) in [5, 5.41) is 2.84. The van der Waals surface area contributed by atoms with Crippen LogP contribution in [0.2, 0.25) is 0 Å². The summed E-state index contributed by atoms with van der Waals surface area (Å²) in [4.78, 5) is 27.2. The highest BCUT2D eigenvalue weighted by Gasteiger charge is 2.30. The zero-order valence-corrected chi connectivity index (χ0v) is 17.8. The summed E-state index contributed by atoms with van der Waals surface area (Å²) in [6.07, 6.45) is 2.84. The van der Waals surface area contributed by atoms with Crippen LogP contribution in [-0.4, -0.2) is 29.3 Å². The molecule has 2 aromatic rings. The molecule has 1 aliphatic rings. The molecule has 1 fully saturated rings. The number of nitrogens with zero attached hydrogens (tertiary/aromatic N) is 1. The third kappa shape index (κ3) is 5.37. The van der Waals surface area contributed by atoms with Gasteiger partial charge in [-0.25, -0.2) is 0 Å². The van der Waals surface area contributed by atoms with Gasteiger partial charge in [0.2, 0.25) is 5.91 Å². The molecular formula is C23H30ClN3O2. The smallest absolute Gasteiger partial charge is 0.254 e. The maximum atomic E-state index is 13.0. The summed E-state index contributed by atoms with van der Waals surface area (Å²) in [6.45, 7) is 4.74. The monoisotopic (exact) mass is 415 g/mol. The molecule has 1 aliphatic heterocycles. The molecule has 1 saturated heterocycles. The van der Waals surface area contributed by atoms with Crippen LogP contribution in [0.15, 0.2) is 54.6 Å². The van der Waals surface area contributed by atoms with Crippen LogP contribution >= 0.6 is 12.4 Å². The van der Waals surface area contributed by atoms with Crippen LogP contribution in [-0.2, 0) is 4.79 Å². The number of carbonyl (C=O) groups is 2. The van der Waals surface area contributed by atoms with Gasteiger partial charge in [-0.15, -0.1) is 12.4 Å². The maximum absolute atomic E-state index is 13.0. The van der Waals surface area contributed by atoms with Gasteiger partial charge in [0.25, 0.3) is 5.91 Å². The van der Waals surface area contributed by atoms with Gasteiger partial charge in [0.15, 0.2) is 0 Å². The van der Waals surface area contributed by atoms with Crippen molar-refractivity contribution < 1.29 is 9.59 Å². The molecule has 3 rings (SSSR count).